The number of carbonyl (C=O) groups excluding carboxylic acids is 2. The lowest BCUT2D eigenvalue weighted by Gasteiger charge is -2.25. The molecule has 0 atom stereocenters. The van der Waals surface area contributed by atoms with Gasteiger partial charge < -0.3 is 19.9 Å². The third-order valence-corrected chi connectivity index (χ3v) is 7.04. The van der Waals surface area contributed by atoms with E-state index in [1.165, 1.54) is 0 Å². The fourth-order valence-electron chi connectivity index (χ4n) is 4.62. The second-order valence-corrected chi connectivity index (χ2v) is 10.0. The minimum absolute atomic E-state index is 0.0370. The van der Waals surface area contributed by atoms with Crippen LogP contribution in [0.5, 0.6) is 5.75 Å². The number of hydrogen-bond donors (Lipinski definition) is 1. The van der Waals surface area contributed by atoms with E-state index in [9.17, 15) is 9.59 Å². The monoisotopic (exact) mass is 523 g/mol. The Bertz CT molecular complexity index is 1240. The summed E-state index contributed by atoms with van der Waals surface area (Å²) in [4.78, 5) is 30.0. The highest BCUT2D eigenvalue weighted by Crippen LogP contribution is 2.31. The summed E-state index contributed by atoms with van der Waals surface area (Å²) in [6.07, 6.45) is 2.21. The molecule has 6 nitrogen and oxygen atoms in total. The van der Waals surface area contributed by atoms with Crippen LogP contribution < -0.4 is 15.0 Å². The zero-order valence-corrected chi connectivity index (χ0v) is 21.3. The van der Waals surface area contributed by atoms with Gasteiger partial charge in [0, 0.05) is 22.2 Å². The number of anilines is 1. The minimum Gasteiger partial charge on any atom is -0.490 e. The van der Waals surface area contributed by atoms with Crippen LogP contribution in [0.15, 0.2) is 66.7 Å². The molecule has 0 saturated carbocycles. The molecule has 1 saturated heterocycles. The van der Waals surface area contributed by atoms with Gasteiger partial charge in [-0.3, -0.25) is 9.59 Å². The summed E-state index contributed by atoms with van der Waals surface area (Å²) in [5, 5.41) is 4.43. The van der Waals surface area contributed by atoms with Crippen LogP contribution in [0.2, 0.25) is 10.0 Å². The first kappa shape index (κ1) is 24.6. The van der Waals surface area contributed by atoms with Gasteiger partial charge >= 0.3 is 0 Å². The summed E-state index contributed by atoms with van der Waals surface area (Å²) in [6, 6.07) is 20.0. The van der Waals surface area contributed by atoms with Crippen molar-refractivity contribution in [3.63, 3.8) is 0 Å². The molecule has 0 aromatic heterocycles. The third kappa shape index (κ3) is 5.67. The van der Waals surface area contributed by atoms with E-state index in [4.69, 9.17) is 27.9 Å². The molecule has 5 rings (SSSR count). The predicted octanol–water partition coefficient (Wildman–Crippen LogP) is 5.31. The molecule has 0 radical (unpaired) electrons. The molecule has 0 spiro atoms. The van der Waals surface area contributed by atoms with Crippen molar-refractivity contribution in [2.75, 3.05) is 24.5 Å². The molecule has 0 bridgehead atoms. The normalized spacial score (nSPS) is 16.4. The van der Waals surface area contributed by atoms with Gasteiger partial charge in [0.2, 0.25) is 5.91 Å². The fourth-order valence-corrected chi connectivity index (χ4v) is 4.91. The van der Waals surface area contributed by atoms with Crippen molar-refractivity contribution in [1.29, 1.82) is 0 Å². The third-order valence-electron chi connectivity index (χ3n) is 6.56. The fraction of sp³-hybridized carbons (Fsp3) is 0.286. The van der Waals surface area contributed by atoms with E-state index in [0.717, 1.165) is 42.8 Å². The van der Waals surface area contributed by atoms with Crippen LogP contribution in [-0.4, -0.2) is 42.5 Å². The average molecular weight is 524 g/mol. The van der Waals surface area contributed by atoms with Crippen LogP contribution in [0.3, 0.4) is 0 Å². The number of nitrogens with one attached hydrogen (secondary N) is 1. The number of halogens is 2. The Hall–Kier alpha value is -3.06. The van der Waals surface area contributed by atoms with E-state index in [2.05, 4.69) is 5.32 Å². The Balaban J connectivity index is 1.36. The minimum atomic E-state index is -0.220. The Morgan fingerprint density at radius 1 is 0.917 bits per heavy atom. The maximum Gasteiger partial charge on any atom is 0.254 e. The molecular weight excluding hydrogens is 497 g/mol. The number of piperidine rings is 1. The molecule has 0 unspecified atom stereocenters. The SMILES string of the molecule is O=C(c1ccc(Cl)cc1)N1CC(=O)N(Cc2ccc(OC3CCNCC3)cc2)c2cc(Cl)ccc2C1. The van der Waals surface area contributed by atoms with Crippen molar-refractivity contribution < 1.29 is 14.3 Å². The summed E-state index contributed by atoms with van der Waals surface area (Å²) in [6.45, 7) is 2.57. The number of carbonyl (C=O) groups is 2. The number of nitrogens with zero attached hydrogens (tertiary/aromatic N) is 2. The Kier molecular flexibility index (Phi) is 7.46. The van der Waals surface area contributed by atoms with Gasteiger partial charge in [-0.25, -0.2) is 0 Å². The van der Waals surface area contributed by atoms with Crippen molar-refractivity contribution in [3.8, 4) is 5.75 Å². The molecule has 2 aliphatic heterocycles. The number of fused-ring (bicyclic) bond motifs is 1. The smallest absolute Gasteiger partial charge is 0.254 e. The molecule has 3 aromatic rings. The maximum absolute atomic E-state index is 13.5. The van der Waals surface area contributed by atoms with Crippen LogP contribution in [-0.2, 0) is 17.9 Å². The van der Waals surface area contributed by atoms with Crippen molar-refractivity contribution in [2.45, 2.75) is 32.0 Å². The number of ether oxygens (including phenoxy) is 1. The highest BCUT2D eigenvalue weighted by Gasteiger charge is 2.30. The van der Waals surface area contributed by atoms with Crippen molar-refractivity contribution >= 4 is 40.7 Å². The number of rotatable bonds is 5. The average Bonchev–Trinajstić information content (AvgIpc) is 3.02. The summed E-state index contributed by atoms with van der Waals surface area (Å²) in [5.74, 6) is 0.437. The number of hydrogen-bond acceptors (Lipinski definition) is 4. The quantitative estimate of drug-likeness (QED) is 0.492. The molecule has 2 amide bonds. The lowest BCUT2D eigenvalue weighted by molar-refractivity contribution is -0.119. The van der Waals surface area contributed by atoms with Gasteiger partial charge in [-0.05, 0) is 85.6 Å². The van der Waals surface area contributed by atoms with Crippen LogP contribution in [0, 0.1) is 0 Å². The van der Waals surface area contributed by atoms with Gasteiger partial charge in [0.15, 0.2) is 0 Å². The lowest BCUT2D eigenvalue weighted by atomic mass is 10.1. The highest BCUT2D eigenvalue weighted by molar-refractivity contribution is 6.31. The highest BCUT2D eigenvalue weighted by atomic mass is 35.5. The van der Waals surface area contributed by atoms with Gasteiger partial charge in [-0.1, -0.05) is 41.4 Å². The first-order chi connectivity index (χ1) is 17.5. The topological polar surface area (TPSA) is 61.9 Å². The summed E-state index contributed by atoms with van der Waals surface area (Å²) in [7, 11) is 0. The lowest BCUT2D eigenvalue weighted by Crippen LogP contribution is -2.39. The summed E-state index contributed by atoms with van der Waals surface area (Å²) < 4.78 is 6.11. The Morgan fingerprint density at radius 2 is 1.61 bits per heavy atom. The van der Waals surface area contributed by atoms with E-state index < -0.39 is 0 Å². The zero-order chi connectivity index (χ0) is 25.1. The molecule has 1 N–H and O–H groups in total. The molecule has 2 aliphatic rings. The zero-order valence-electron chi connectivity index (χ0n) is 19.8. The van der Waals surface area contributed by atoms with Gasteiger partial charge in [0.1, 0.15) is 18.4 Å². The van der Waals surface area contributed by atoms with E-state index in [1.807, 2.05) is 30.3 Å². The van der Waals surface area contributed by atoms with Crippen LogP contribution in [0.25, 0.3) is 0 Å². The standard InChI is InChI=1S/C28H27Cl2N3O3/c29-22-6-3-20(4-7-22)28(35)32-17-21-5-8-23(30)15-26(21)33(27(34)18-32)16-19-1-9-24(10-2-19)36-25-11-13-31-14-12-25/h1-10,15,25,31H,11-14,16-18H2. The Morgan fingerprint density at radius 3 is 2.33 bits per heavy atom. The van der Waals surface area contributed by atoms with Crippen molar-refractivity contribution in [1.82, 2.24) is 10.2 Å². The number of amides is 2. The summed E-state index contributed by atoms with van der Waals surface area (Å²) in [5.41, 5.74) is 3.03. The second-order valence-electron chi connectivity index (χ2n) is 9.13. The van der Waals surface area contributed by atoms with Crippen LogP contribution >= 0.6 is 23.2 Å². The molecule has 36 heavy (non-hydrogen) atoms. The predicted molar refractivity (Wildman–Crippen MR) is 142 cm³/mol. The molecule has 2 heterocycles. The van der Waals surface area contributed by atoms with Gasteiger partial charge in [-0.15, -0.1) is 0 Å². The summed E-state index contributed by atoms with van der Waals surface area (Å²) >= 11 is 12.3. The van der Waals surface area contributed by atoms with E-state index in [-0.39, 0.29) is 24.5 Å². The molecule has 0 aliphatic carbocycles. The molecule has 8 heteroatoms. The van der Waals surface area contributed by atoms with Gasteiger partial charge in [0.05, 0.1) is 12.2 Å². The first-order valence-corrected chi connectivity index (χ1v) is 12.8. The number of benzene rings is 3. The van der Waals surface area contributed by atoms with Crippen LogP contribution in [0.1, 0.15) is 34.3 Å². The first-order valence-electron chi connectivity index (χ1n) is 12.1. The van der Waals surface area contributed by atoms with Gasteiger partial charge in [0.25, 0.3) is 5.91 Å². The van der Waals surface area contributed by atoms with Gasteiger partial charge in [-0.2, -0.15) is 0 Å². The van der Waals surface area contributed by atoms with E-state index >= 15 is 0 Å². The molecule has 1 fully saturated rings. The van der Waals surface area contributed by atoms with Crippen LogP contribution in [0.4, 0.5) is 5.69 Å². The second kappa shape index (κ2) is 10.9. The maximum atomic E-state index is 13.5. The van der Waals surface area contributed by atoms with Crippen molar-refractivity contribution in [3.05, 3.63) is 93.5 Å². The molecule has 186 valence electrons. The molecular formula is C28H27Cl2N3O3. The van der Waals surface area contributed by atoms with Crippen molar-refractivity contribution in [2.24, 2.45) is 0 Å². The van der Waals surface area contributed by atoms with E-state index in [1.54, 1.807) is 46.2 Å². The Labute approximate surface area is 220 Å². The van der Waals surface area contributed by atoms with E-state index in [0.29, 0.717) is 34.4 Å². The largest absolute Gasteiger partial charge is 0.490 e. The molecule has 3 aromatic carbocycles.